The van der Waals surface area contributed by atoms with Gasteiger partial charge in [0, 0.05) is 11.0 Å². The maximum absolute atomic E-state index is 12.2. The molecule has 0 aromatic heterocycles. The molecule has 0 aromatic rings. The number of hydrogen-bond acceptors (Lipinski definition) is 3. The molecule has 0 aliphatic heterocycles. The smallest absolute Gasteiger partial charge is 0.410 e. The number of likely N-dealkylation sites (N-methyl/N-ethyl adjacent to an activating group) is 1. The summed E-state index contributed by atoms with van der Waals surface area (Å²) < 4.78 is 12.4. The average Bonchev–Trinajstić information content (AvgIpc) is 3.15. The highest BCUT2D eigenvalue weighted by Gasteiger charge is 2.33. The monoisotopic (exact) mass is 397 g/mol. The summed E-state index contributed by atoms with van der Waals surface area (Å²) in [7, 11) is 0. The Hall–Kier alpha value is -0.0400. The fraction of sp³-hybridized carbons (Fsp3) is 0.933. The van der Waals surface area contributed by atoms with Crippen LogP contribution >= 0.6 is 22.6 Å². The molecule has 1 aliphatic rings. The molecule has 0 aromatic carbocycles. The molecule has 1 aliphatic carbocycles. The molecule has 20 heavy (non-hydrogen) atoms. The molecular formula is C15H28INO3. The number of alkyl halides is 1. The van der Waals surface area contributed by atoms with Crippen molar-refractivity contribution in [2.45, 2.75) is 58.7 Å². The van der Waals surface area contributed by atoms with Crippen molar-refractivity contribution < 1.29 is 14.3 Å². The van der Waals surface area contributed by atoms with Crippen LogP contribution in [0, 0.1) is 5.92 Å². The lowest BCUT2D eigenvalue weighted by atomic mass is 10.1. The molecule has 4 nitrogen and oxygen atoms in total. The third-order valence-electron chi connectivity index (χ3n) is 3.21. The van der Waals surface area contributed by atoms with E-state index in [1.165, 1.54) is 12.8 Å². The van der Waals surface area contributed by atoms with E-state index in [1.807, 2.05) is 27.7 Å². The molecule has 1 unspecified atom stereocenters. The molecule has 1 rings (SSSR count). The number of carbonyl (C=O) groups is 1. The first-order chi connectivity index (χ1) is 9.19. The van der Waals surface area contributed by atoms with Gasteiger partial charge >= 0.3 is 6.09 Å². The SMILES string of the molecule is CCN(CC(C)(CI)OCC1CC1)C(=O)OC(C)(C)C. The largest absolute Gasteiger partial charge is 0.444 e. The summed E-state index contributed by atoms with van der Waals surface area (Å²) in [5.74, 6) is 0.730. The molecule has 1 atom stereocenters. The number of halogens is 1. The zero-order valence-corrected chi connectivity index (χ0v) is 15.5. The first-order valence-electron chi connectivity index (χ1n) is 7.37. The first kappa shape index (κ1) is 18.0. The van der Waals surface area contributed by atoms with E-state index in [2.05, 4.69) is 29.5 Å². The molecule has 118 valence electrons. The van der Waals surface area contributed by atoms with E-state index < -0.39 is 5.60 Å². The predicted molar refractivity (Wildman–Crippen MR) is 89.4 cm³/mol. The topological polar surface area (TPSA) is 38.8 Å². The van der Waals surface area contributed by atoms with Crippen molar-refractivity contribution in [1.29, 1.82) is 0 Å². The van der Waals surface area contributed by atoms with Crippen LogP contribution < -0.4 is 0 Å². The summed E-state index contributed by atoms with van der Waals surface area (Å²) in [4.78, 5) is 13.9. The van der Waals surface area contributed by atoms with Gasteiger partial charge in [0.15, 0.2) is 0 Å². The van der Waals surface area contributed by atoms with E-state index in [0.29, 0.717) is 13.1 Å². The number of carbonyl (C=O) groups excluding carboxylic acids is 1. The summed E-state index contributed by atoms with van der Waals surface area (Å²) in [6.07, 6.45) is 2.30. The van der Waals surface area contributed by atoms with Crippen LogP contribution in [0.1, 0.15) is 47.5 Å². The maximum atomic E-state index is 12.2. The van der Waals surface area contributed by atoms with Crippen molar-refractivity contribution in [2.75, 3.05) is 24.1 Å². The van der Waals surface area contributed by atoms with Gasteiger partial charge in [0.2, 0.25) is 0 Å². The van der Waals surface area contributed by atoms with Gasteiger partial charge < -0.3 is 14.4 Å². The van der Waals surface area contributed by atoms with E-state index in [4.69, 9.17) is 9.47 Å². The van der Waals surface area contributed by atoms with Crippen LogP contribution in [0.15, 0.2) is 0 Å². The third kappa shape index (κ3) is 6.61. The van der Waals surface area contributed by atoms with Crippen molar-refractivity contribution in [1.82, 2.24) is 4.90 Å². The van der Waals surface area contributed by atoms with Crippen molar-refractivity contribution in [3.8, 4) is 0 Å². The second-order valence-corrected chi connectivity index (χ2v) is 7.60. The van der Waals surface area contributed by atoms with Gasteiger partial charge in [0.1, 0.15) is 5.60 Å². The molecule has 5 heteroatoms. The zero-order valence-electron chi connectivity index (χ0n) is 13.4. The van der Waals surface area contributed by atoms with Gasteiger partial charge in [-0.2, -0.15) is 0 Å². The molecule has 0 spiro atoms. The van der Waals surface area contributed by atoms with Gasteiger partial charge in [-0.25, -0.2) is 4.79 Å². The Bertz CT molecular complexity index is 326. The molecule has 0 N–H and O–H groups in total. The van der Waals surface area contributed by atoms with Crippen molar-refractivity contribution in [3.63, 3.8) is 0 Å². The molecule has 1 amide bonds. The zero-order chi connectivity index (χ0) is 15.4. The minimum Gasteiger partial charge on any atom is -0.444 e. The third-order valence-corrected chi connectivity index (χ3v) is 4.82. The second-order valence-electron chi connectivity index (χ2n) is 6.83. The lowest BCUT2D eigenvalue weighted by molar-refractivity contribution is -0.0450. The Labute approximate surface area is 136 Å². The number of amides is 1. The van der Waals surface area contributed by atoms with E-state index in [9.17, 15) is 4.79 Å². The fourth-order valence-electron chi connectivity index (χ4n) is 1.77. The van der Waals surface area contributed by atoms with Crippen LogP contribution in [0.2, 0.25) is 0 Å². The highest BCUT2D eigenvalue weighted by molar-refractivity contribution is 14.1. The van der Waals surface area contributed by atoms with Gasteiger partial charge in [-0.1, -0.05) is 22.6 Å². The van der Waals surface area contributed by atoms with Crippen LogP contribution in [-0.4, -0.2) is 46.3 Å². The first-order valence-corrected chi connectivity index (χ1v) is 8.89. The standard InChI is InChI=1S/C15H28INO3/c1-6-17(13(18)20-14(2,3)4)11-15(5,10-16)19-9-12-7-8-12/h12H,6-11H2,1-5H3. The van der Waals surface area contributed by atoms with Gasteiger partial charge in [0.05, 0.1) is 18.8 Å². The van der Waals surface area contributed by atoms with E-state index in [1.54, 1.807) is 4.90 Å². The number of rotatable bonds is 7. The lowest BCUT2D eigenvalue weighted by Gasteiger charge is -2.35. The summed E-state index contributed by atoms with van der Waals surface area (Å²) in [5.41, 5.74) is -0.754. The summed E-state index contributed by atoms with van der Waals surface area (Å²) in [6, 6.07) is 0. The van der Waals surface area contributed by atoms with Crippen LogP contribution in [0.25, 0.3) is 0 Å². The molecule has 0 saturated heterocycles. The molecule has 1 fully saturated rings. The summed E-state index contributed by atoms with van der Waals surface area (Å²) in [6.45, 7) is 11.7. The summed E-state index contributed by atoms with van der Waals surface area (Å²) >= 11 is 2.33. The Morgan fingerprint density at radius 2 is 1.90 bits per heavy atom. The normalized spacial score (nSPS) is 18.5. The van der Waals surface area contributed by atoms with Gasteiger partial charge in [0.25, 0.3) is 0 Å². The highest BCUT2D eigenvalue weighted by atomic mass is 127. The molecule has 1 saturated carbocycles. The molecule has 0 bridgehead atoms. The van der Waals surface area contributed by atoms with Crippen LogP contribution in [-0.2, 0) is 9.47 Å². The maximum Gasteiger partial charge on any atom is 0.410 e. The van der Waals surface area contributed by atoms with Gasteiger partial charge in [-0.15, -0.1) is 0 Å². The van der Waals surface area contributed by atoms with Crippen molar-refractivity contribution in [2.24, 2.45) is 5.92 Å². The second kappa shape index (κ2) is 7.29. The Kier molecular flexibility index (Phi) is 6.57. The van der Waals surface area contributed by atoms with Gasteiger partial charge in [-0.05, 0) is 53.4 Å². The number of hydrogen-bond donors (Lipinski definition) is 0. The van der Waals surface area contributed by atoms with Crippen molar-refractivity contribution >= 4 is 28.7 Å². The Morgan fingerprint density at radius 1 is 1.30 bits per heavy atom. The molecular weight excluding hydrogens is 369 g/mol. The molecule has 0 radical (unpaired) electrons. The van der Waals surface area contributed by atoms with Gasteiger partial charge in [-0.3, -0.25) is 0 Å². The van der Waals surface area contributed by atoms with Crippen LogP contribution in [0.3, 0.4) is 0 Å². The van der Waals surface area contributed by atoms with E-state index in [-0.39, 0.29) is 11.7 Å². The summed E-state index contributed by atoms with van der Waals surface area (Å²) in [5, 5.41) is 0. The molecule has 0 heterocycles. The minimum absolute atomic E-state index is 0.258. The van der Waals surface area contributed by atoms with E-state index >= 15 is 0 Å². The fourth-order valence-corrected chi connectivity index (χ4v) is 2.23. The number of nitrogens with zero attached hydrogens (tertiary/aromatic N) is 1. The highest BCUT2D eigenvalue weighted by Crippen LogP contribution is 2.31. The Balaban J connectivity index is 2.55. The minimum atomic E-state index is -0.458. The van der Waals surface area contributed by atoms with Crippen LogP contribution in [0.4, 0.5) is 4.79 Å². The lowest BCUT2D eigenvalue weighted by Crippen LogP contribution is -2.48. The quantitative estimate of drug-likeness (QED) is 0.484. The van der Waals surface area contributed by atoms with Crippen molar-refractivity contribution in [3.05, 3.63) is 0 Å². The van der Waals surface area contributed by atoms with E-state index in [0.717, 1.165) is 17.0 Å². The van der Waals surface area contributed by atoms with Crippen LogP contribution in [0.5, 0.6) is 0 Å². The predicted octanol–water partition coefficient (Wildman–Crippen LogP) is 3.86. The Morgan fingerprint density at radius 3 is 2.30 bits per heavy atom. The number of ether oxygens (including phenoxy) is 2. The average molecular weight is 397 g/mol.